The van der Waals surface area contributed by atoms with E-state index in [9.17, 15) is 9.59 Å². The lowest BCUT2D eigenvalue weighted by Crippen LogP contribution is -2.04. The molecule has 0 aliphatic carbocycles. The first-order valence-corrected chi connectivity index (χ1v) is 4.49. The summed E-state index contributed by atoms with van der Waals surface area (Å²) in [6.45, 7) is 0.0498. The standard InChI is InChI=1S/C11H6O4/c12-10-7-4-2-1-3-6(7)9-8(15-10)5-14-11(9)13/h1-4H,5H2. The molecule has 0 fully saturated rings. The molecule has 1 aromatic carbocycles. The number of hydrogen-bond donors (Lipinski definition) is 0. The number of hydrogen-bond acceptors (Lipinski definition) is 4. The summed E-state index contributed by atoms with van der Waals surface area (Å²) in [5, 5.41) is 1.02. The topological polar surface area (TPSA) is 56.5 Å². The fourth-order valence-electron chi connectivity index (χ4n) is 1.78. The molecule has 74 valence electrons. The molecule has 0 spiro atoms. The van der Waals surface area contributed by atoms with Gasteiger partial charge in [0.05, 0.1) is 5.39 Å². The number of rotatable bonds is 0. The molecule has 2 heterocycles. The molecule has 4 heteroatoms. The van der Waals surface area contributed by atoms with E-state index in [-0.39, 0.29) is 6.61 Å². The summed E-state index contributed by atoms with van der Waals surface area (Å²) in [4.78, 5) is 22.9. The second-order valence-corrected chi connectivity index (χ2v) is 3.31. The van der Waals surface area contributed by atoms with Gasteiger partial charge in [-0.3, -0.25) is 0 Å². The molecule has 0 radical (unpaired) electrons. The van der Waals surface area contributed by atoms with E-state index in [0.29, 0.717) is 22.1 Å². The van der Waals surface area contributed by atoms with Gasteiger partial charge in [0.15, 0.2) is 12.4 Å². The zero-order valence-corrected chi connectivity index (χ0v) is 7.65. The molecular formula is C11H6O4. The molecule has 0 N–H and O–H groups in total. The average molecular weight is 202 g/mol. The normalized spacial score (nSPS) is 14.0. The van der Waals surface area contributed by atoms with Gasteiger partial charge in [-0.15, -0.1) is 0 Å². The molecule has 0 amide bonds. The van der Waals surface area contributed by atoms with Gasteiger partial charge in [-0.2, -0.15) is 0 Å². The molecule has 1 aliphatic rings. The van der Waals surface area contributed by atoms with Crippen LogP contribution in [0.4, 0.5) is 0 Å². The number of benzene rings is 1. The number of cyclic esters (lactones) is 1. The number of ether oxygens (including phenoxy) is 1. The maximum atomic E-state index is 11.5. The Morgan fingerprint density at radius 3 is 2.60 bits per heavy atom. The lowest BCUT2D eigenvalue weighted by molar-refractivity contribution is 0.0524. The Morgan fingerprint density at radius 1 is 1.07 bits per heavy atom. The number of carbonyl (C=O) groups is 1. The van der Waals surface area contributed by atoms with Gasteiger partial charge in [-0.1, -0.05) is 18.2 Å². The van der Waals surface area contributed by atoms with Gasteiger partial charge in [0.25, 0.3) is 0 Å². The molecule has 0 saturated heterocycles. The Morgan fingerprint density at radius 2 is 1.80 bits per heavy atom. The predicted molar refractivity (Wildman–Crippen MR) is 51.6 cm³/mol. The van der Waals surface area contributed by atoms with Crippen LogP contribution in [0.2, 0.25) is 0 Å². The largest absolute Gasteiger partial charge is 0.454 e. The van der Waals surface area contributed by atoms with E-state index in [1.54, 1.807) is 24.3 Å². The van der Waals surface area contributed by atoms with E-state index < -0.39 is 11.6 Å². The van der Waals surface area contributed by atoms with Crippen LogP contribution in [0.3, 0.4) is 0 Å². The van der Waals surface area contributed by atoms with Crippen LogP contribution in [0, 0.1) is 0 Å². The second kappa shape index (κ2) is 2.70. The van der Waals surface area contributed by atoms with Crippen molar-refractivity contribution in [1.82, 2.24) is 0 Å². The van der Waals surface area contributed by atoms with Crippen molar-refractivity contribution in [3.8, 4) is 0 Å². The molecule has 4 nitrogen and oxygen atoms in total. The predicted octanol–water partition coefficient (Wildman–Crippen LogP) is 1.46. The van der Waals surface area contributed by atoms with Gasteiger partial charge >= 0.3 is 11.6 Å². The molecule has 0 atom stereocenters. The molecule has 0 unspecified atom stereocenters. The Bertz CT molecular complexity index is 624. The third-order valence-electron chi connectivity index (χ3n) is 2.45. The van der Waals surface area contributed by atoms with Crippen LogP contribution in [0.5, 0.6) is 0 Å². The first kappa shape index (κ1) is 8.23. The SMILES string of the molecule is O=C1OCc2oc(=O)c3ccccc3c21. The van der Waals surface area contributed by atoms with Gasteiger partial charge in [-0.05, 0) is 6.07 Å². The highest BCUT2D eigenvalue weighted by molar-refractivity contribution is 6.05. The third-order valence-corrected chi connectivity index (χ3v) is 2.45. The quantitative estimate of drug-likeness (QED) is 0.607. The Labute approximate surface area is 84.1 Å². The summed E-state index contributed by atoms with van der Waals surface area (Å²) in [5.74, 6) is -0.103. The van der Waals surface area contributed by atoms with E-state index in [0.717, 1.165) is 0 Å². The van der Waals surface area contributed by atoms with E-state index >= 15 is 0 Å². The number of esters is 1. The number of fused-ring (bicyclic) bond motifs is 3. The van der Waals surface area contributed by atoms with Crippen LogP contribution < -0.4 is 5.63 Å². The number of carbonyl (C=O) groups excluding carboxylic acids is 1. The Hall–Kier alpha value is -2.10. The first-order valence-electron chi connectivity index (χ1n) is 4.49. The van der Waals surface area contributed by atoms with E-state index in [2.05, 4.69) is 0 Å². The van der Waals surface area contributed by atoms with Crippen LogP contribution >= 0.6 is 0 Å². The molecule has 1 aromatic heterocycles. The molecule has 2 aromatic rings. The summed E-state index contributed by atoms with van der Waals surface area (Å²) in [7, 11) is 0. The summed E-state index contributed by atoms with van der Waals surface area (Å²) in [6, 6.07) is 6.85. The Kier molecular flexibility index (Phi) is 1.48. The minimum atomic E-state index is -0.428. The van der Waals surface area contributed by atoms with Crippen LogP contribution in [0.25, 0.3) is 10.8 Å². The lowest BCUT2D eigenvalue weighted by atomic mass is 10.1. The van der Waals surface area contributed by atoms with Crippen molar-refractivity contribution >= 4 is 16.7 Å². The summed E-state index contributed by atoms with van der Waals surface area (Å²) < 4.78 is 9.82. The third kappa shape index (κ3) is 1.01. The Balaban J connectivity index is 2.56. The molecule has 3 rings (SSSR count). The fourth-order valence-corrected chi connectivity index (χ4v) is 1.78. The van der Waals surface area contributed by atoms with E-state index in [4.69, 9.17) is 9.15 Å². The van der Waals surface area contributed by atoms with Gasteiger partial charge < -0.3 is 9.15 Å². The minimum absolute atomic E-state index is 0.0498. The molecule has 15 heavy (non-hydrogen) atoms. The van der Waals surface area contributed by atoms with Gasteiger partial charge in [-0.25, -0.2) is 9.59 Å². The van der Waals surface area contributed by atoms with E-state index in [1.165, 1.54) is 0 Å². The maximum Gasteiger partial charge on any atom is 0.343 e. The molecular weight excluding hydrogens is 196 g/mol. The first-order chi connectivity index (χ1) is 7.27. The highest BCUT2D eigenvalue weighted by atomic mass is 16.6. The average Bonchev–Trinajstić information content (AvgIpc) is 2.61. The van der Waals surface area contributed by atoms with Crippen molar-refractivity contribution in [3.63, 3.8) is 0 Å². The van der Waals surface area contributed by atoms with Crippen LogP contribution in [0.1, 0.15) is 16.1 Å². The van der Waals surface area contributed by atoms with Crippen molar-refractivity contribution < 1.29 is 13.9 Å². The van der Waals surface area contributed by atoms with Crippen LogP contribution in [0.15, 0.2) is 33.5 Å². The van der Waals surface area contributed by atoms with Crippen LogP contribution in [-0.4, -0.2) is 5.97 Å². The van der Waals surface area contributed by atoms with Crippen LogP contribution in [-0.2, 0) is 11.3 Å². The molecule has 0 bridgehead atoms. The second-order valence-electron chi connectivity index (χ2n) is 3.31. The highest BCUT2D eigenvalue weighted by Gasteiger charge is 2.27. The smallest absolute Gasteiger partial charge is 0.343 e. The van der Waals surface area contributed by atoms with Gasteiger partial charge in [0.2, 0.25) is 0 Å². The summed E-state index contributed by atoms with van der Waals surface area (Å²) in [5.41, 5.74) is -0.0483. The fraction of sp³-hybridized carbons (Fsp3) is 0.0909. The van der Waals surface area contributed by atoms with Crippen molar-refractivity contribution in [3.05, 3.63) is 46.0 Å². The van der Waals surface area contributed by atoms with Crippen molar-refractivity contribution in [2.24, 2.45) is 0 Å². The lowest BCUT2D eigenvalue weighted by Gasteiger charge is -1.98. The van der Waals surface area contributed by atoms with Gasteiger partial charge in [0.1, 0.15) is 5.56 Å². The highest BCUT2D eigenvalue weighted by Crippen LogP contribution is 2.25. The van der Waals surface area contributed by atoms with Crippen molar-refractivity contribution in [2.45, 2.75) is 6.61 Å². The van der Waals surface area contributed by atoms with Crippen molar-refractivity contribution in [2.75, 3.05) is 0 Å². The maximum absolute atomic E-state index is 11.5. The summed E-state index contributed by atoms with van der Waals surface area (Å²) in [6.07, 6.45) is 0. The molecule has 0 saturated carbocycles. The zero-order chi connectivity index (χ0) is 10.4. The van der Waals surface area contributed by atoms with Crippen molar-refractivity contribution in [1.29, 1.82) is 0 Å². The minimum Gasteiger partial charge on any atom is -0.454 e. The van der Waals surface area contributed by atoms with E-state index in [1.807, 2.05) is 0 Å². The monoisotopic (exact) mass is 202 g/mol. The zero-order valence-electron chi connectivity index (χ0n) is 7.65. The summed E-state index contributed by atoms with van der Waals surface area (Å²) >= 11 is 0. The molecule has 1 aliphatic heterocycles. The van der Waals surface area contributed by atoms with Gasteiger partial charge in [0, 0.05) is 5.39 Å².